The molecule has 5 atom stereocenters. The smallest absolute Gasteiger partial charge is 0.285 e. The van der Waals surface area contributed by atoms with Crippen molar-refractivity contribution in [2.75, 3.05) is 43.2 Å². The molecule has 2 fully saturated rings. The quantitative estimate of drug-likeness (QED) is 0.332. The Kier molecular flexibility index (Phi) is 8.87. The van der Waals surface area contributed by atoms with Gasteiger partial charge < -0.3 is 14.4 Å². The number of rotatable bonds is 5. The number of carbonyl (C=O) groups is 2. The van der Waals surface area contributed by atoms with Crippen LogP contribution in [0.2, 0.25) is 0 Å². The second kappa shape index (κ2) is 12.9. The van der Waals surface area contributed by atoms with Crippen LogP contribution < -0.4 is 9.64 Å². The highest BCUT2D eigenvalue weighted by molar-refractivity contribution is 7.94. The predicted octanol–water partition coefficient (Wildman–Crippen LogP) is 6.84. The number of hydrogen-bond acceptors (Lipinski definition) is 6. The molecule has 2 aromatic carbocycles. The van der Waals surface area contributed by atoms with Crippen LogP contribution in [-0.4, -0.2) is 60.3 Å². The SMILES string of the molecule is CO[C@H]1/C=C/CCC[S@@](=O)(CC(=O)CC2CC2)=NC(=O)c2ccc3c(c2)N(C[C@@H]2CC[C@H]21)C[C@@]1(CCCc2cc(C)ccc21)CO3. The number of fused-ring (bicyclic) bond motifs is 4. The molecule has 1 spiro atoms. The van der Waals surface area contributed by atoms with Crippen LogP contribution in [0.3, 0.4) is 0 Å². The minimum Gasteiger partial charge on any atom is -0.490 e. The fraction of sp³-hybridized carbons (Fsp3) is 0.579. The van der Waals surface area contributed by atoms with Crippen LogP contribution in [0.5, 0.6) is 5.75 Å². The minimum absolute atomic E-state index is 0.0174. The van der Waals surface area contributed by atoms with Gasteiger partial charge in [0.25, 0.3) is 5.91 Å². The lowest BCUT2D eigenvalue weighted by molar-refractivity contribution is -0.116. The van der Waals surface area contributed by atoms with Gasteiger partial charge in [-0.15, -0.1) is 0 Å². The van der Waals surface area contributed by atoms with Crippen molar-refractivity contribution in [1.29, 1.82) is 0 Å². The maximum Gasteiger partial charge on any atom is 0.285 e. The molecule has 7 rings (SSSR count). The van der Waals surface area contributed by atoms with Crippen molar-refractivity contribution in [2.24, 2.45) is 22.1 Å². The Labute approximate surface area is 274 Å². The third-order valence-corrected chi connectivity index (χ3v) is 13.3. The lowest BCUT2D eigenvalue weighted by atomic mass is 9.68. The molecule has 8 heteroatoms. The average molecular weight is 645 g/mol. The van der Waals surface area contributed by atoms with Gasteiger partial charge in [-0.25, -0.2) is 4.21 Å². The number of amides is 1. The van der Waals surface area contributed by atoms with Gasteiger partial charge in [0, 0.05) is 43.4 Å². The summed E-state index contributed by atoms with van der Waals surface area (Å²) in [6.07, 6.45) is 13.7. The fourth-order valence-corrected chi connectivity index (χ4v) is 10.3. The summed E-state index contributed by atoms with van der Waals surface area (Å²) >= 11 is 0. The van der Waals surface area contributed by atoms with E-state index in [0.717, 1.165) is 69.5 Å². The van der Waals surface area contributed by atoms with Gasteiger partial charge in [0.2, 0.25) is 0 Å². The molecular weight excluding hydrogens is 596 g/mol. The Morgan fingerprint density at radius 2 is 2.00 bits per heavy atom. The van der Waals surface area contributed by atoms with Gasteiger partial charge in [0.1, 0.15) is 11.5 Å². The molecule has 2 bridgehead atoms. The highest BCUT2D eigenvalue weighted by atomic mass is 32.2. The van der Waals surface area contributed by atoms with E-state index in [1.807, 2.05) is 12.1 Å². The molecule has 0 saturated heterocycles. The summed E-state index contributed by atoms with van der Waals surface area (Å²) in [5.41, 5.74) is 5.22. The summed E-state index contributed by atoms with van der Waals surface area (Å²) < 4.78 is 31.2. The summed E-state index contributed by atoms with van der Waals surface area (Å²) in [5.74, 6) is 1.56. The molecule has 0 aromatic heterocycles. The third kappa shape index (κ3) is 6.57. The number of carbonyl (C=O) groups excluding carboxylic acids is 2. The molecule has 0 radical (unpaired) electrons. The van der Waals surface area contributed by atoms with Gasteiger partial charge in [-0.05, 0) is 112 Å². The molecule has 246 valence electrons. The first-order valence-electron chi connectivity index (χ1n) is 17.3. The van der Waals surface area contributed by atoms with E-state index < -0.39 is 15.6 Å². The molecule has 3 aliphatic carbocycles. The van der Waals surface area contributed by atoms with Crippen molar-refractivity contribution in [3.8, 4) is 5.75 Å². The lowest BCUT2D eigenvalue weighted by Crippen LogP contribution is -2.49. The van der Waals surface area contributed by atoms with E-state index in [1.54, 1.807) is 13.2 Å². The average Bonchev–Trinajstić information content (AvgIpc) is 3.85. The van der Waals surface area contributed by atoms with E-state index >= 15 is 0 Å². The highest BCUT2D eigenvalue weighted by Gasteiger charge is 2.44. The lowest BCUT2D eigenvalue weighted by Gasteiger charge is -2.46. The van der Waals surface area contributed by atoms with Crippen LogP contribution in [0.1, 0.15) is 84.8 Å². The fourth-order valence-electron chi connectivity index (χ4n) is 8.31. The van der Waals surface area contributed by atoms with Crippen molar-refractivity contribution in [3.63, 3.8) is 0 Å². The van der Waals surface area contributed by atoms with Gasteiger partial charge in [0.15, 0.2) is 0 Å². The second-order valence-electron chi connectivity index (χ2n) is 14.6. The predicted molar refractivity (Wildman–Crippen MR) is 182 cm³/mol. The standard InChI is InChI=1S/C38H48N2O5S/c1-26-9-15-33-28(19-26)7-6-17-38(33)24-40-22-30-12-14-32(30)35(44-2)8-4-3-5-18-46(43,23-31(41)20-27-10-11-27)39-37(42)29-13-16-36(45-25-38)34(40)21-29/h4,8-9,13,15-16,19,21,27,30,32,35H,3,5-7,10-12,14,17-18,20,22-25H2,1-2H3/b8-4+/t30-,32+,35-,38-,46+/m0/s1. The molecule has 2 aliphatic heterocycles. The Balaban J connectivity index is 1.28. The van der Waals surface area contributed by atoms with Crippen LogP contribution in [0.15, 0.2) is 52.9 Å². The molecular formula is C38H48N2O5S. The van der Waals surface area contributed by atoms with Gasteiger partial charge in [-0.3, -0.25) is 9.59 Å². The monoisotopic (exact) mass is 644 g/mol. The van der Waals surface area contributed by atoms with E-state index in [-0.39, 0.29) is 28.8 Å². The minimum atomic E-state index is -3.05. The molecule has 0 unspecified atom stereocenters. The number of ether oxygens (including phenoxy) is 2. The zero-order valence-corrected chi connectivity index (χ0v) is 28.2. The van der Waals surface area contributed by atoms with Crippen LogP contribution >= 0.6 is 0 Å². The number of benzene rings is 2. The van der Waals surface area contributed by atoms with Crippen LogP contribution in [-0.2, 0) is 31.1 Å². The highest BCUT2D eigenvalue weighted by Crippen LogP contribution is 2.47. The van der Waals surface area contributed by atoms with E-state index in [0.29, 0.717) is 49.2 Å². The van der Waals surface area contributed by atoms with Crippen molar-refractivity contribution in [2.45, 2.75) is 82.7 Å². The number of aryl methyl sites for hydroxylation is 2. The van der Waals surface area contributed by atoms with Crippen LogP contribution in [0.25, 0.3) is 0 Å². The molecule has 2 heterocycles. The van der Waals surface area contributed by atoms with Crippen LogP contribution in [0.4, 0.5) is 5.69 Å². The molecule has 7 nitrogen and oxygen atoms in total. The maximum absolute atomic E-state index is 14.2. The van der Waals surface area contributed by atoms with Crippen LogP contribution in [0, 0.1) is 24.7 Å². The van der Waals surface area contributed by atoms with Gasteiger partial charge in [0.05, 0.1) is 33.9 Å². The van der Waals surface area contributed by atoms with E-state index in [4.69, 9.17) is 9.47 Å². The molecule has 46 heavy (non-hydrogen) atoms. The normalized spacial score (nSPS) is 31.8. The second-order valence-corrected chi connectivity index (χ2v) is 17.0. The summed E-state index contributed by atoms with van der Waals surface area (Å²) in [6.45, 7) is 4.39. The number of ketones is 1. The van der Waals surface area contributed by atoms with Crippen molar-refractivity contribution in [3.05, 3.63) is 70.8 Å². The van der Waals surface area contributed by atoms with Crippen molar-refractivity contribution < 1.29 is 23.3 Å². The third-order valence-electron chi connectivity index (χ3n) is 11.1. The molecule has 0 N–H and O–H groups in total. The number of allylic oxidation sites excluding steroid dienone is 1. The van der Waals surface area contributed by atoms with E-state index in [9.17, 15) is 13.8 Å². The molecule has 5 aliphatic rings. The number of Topliss-reactive ketones (excluding diaryl/α,β-unsaturated/α-hetero) is 1. The first kappa shape index (κ1) is 31.6. The zero-order valence-electron chi connectivity index (χ0n) is 27.4. The Morgan fingerprint density at radius 3 is 2.78 bits per heavy atom. The molecule has 2 saturated carbocycles. The van der Waals surface area contributed by atoms with Gasteiger partial charge >= 0.3 is 0 Å². The summed E-state index contributed by atoms with van der Waals surface area (Å²) in [4.78, 5) is 29.1. The first-order valence-corrected chi connectivity index (χ1v) is 19.2. The van der Waals surface area contributed by atoms with Crippen molar-refractivity contribution >= 4 is 27.1 Å². The van der Waals surface area contributed by atoms with Gasteiger partial charge in [-0.1, -0.05) is 35.9 Å². The number of hydrogen-bond donors (Lipinski definition) is 0. The Hall–Kier alpha value is -2.97. The van der Waals surface area contributed by atoms with Gasteiger partial charge in [-0.2, -0.15) is 4.36 Å². The molecule has 1 amide bonds. The molecule has 2 aromatic rings. The topological polar surface area (TPSA) is 85.3 Å². The maximum atomic E-state index is 14.2. The zero-order chi connectivity index (χ0) is 31.9. The number of nitrogens with zero attached hydrogens (tertiary/aromatic N) is 2. The Morgan fingerprint density at radius 1 is 1.13 bits per heavy atom. The summed E-state index contributed by atoms with van der Waals surface area (Å²) in [6, 6.07) is 12.4. The number of anilines is 1. The Bertz CT molecular complexity index is 1650. The first-order chi connectivity index (χ1) is 22.2. The van der Waals surface area contributed by atoms with E-state index in [1.165, 1.54) is 16.7 Å². The largest absolute Gasteiger partial charge is 0.490 e. The van der Waals surface area contributed by atoms with Crippen molar-refractivity contribution in [1.82, 2.24) is 0 Å². The van der Waals surface area contributed by atoms with E-state index in [2.05, 4.69) is 46.5 Å². The summed E-state index contributed by atoms with van der Waals surface area (Å²) in [7, 11) is -1.25. The number of methoxy groups -OCH3 is 1. The summed E-state index contributed by atoms with van der Waals surface area (Å²) in [5, 5.41) is 0.